The fourth-order valence-corrected chi connectivity index (χ4v) is 1.74. The lowest BCUT2D eigenvalue weighted by atomic mass is 10.2. The number of hydrogen-bond donors (Lipinski definition) is 2. The van der Waals surface area contributed by atoms with E-state index in [1.54, 1.807) is 18.2 Å². The number of carbonyl (C=O) groups is 1. The van der Waals surface area contributed by atoms with Crippen LogP contribution in [-0.4, -0.2) is 29.7 Å². The Bertz CT molecular complexity index is 614. The maximum atomic E-state index is 10.6. The van der Waals surface area contributed by atoms with Crippen molar-refractivity contribution in [3.05, 3.63) is 29.1 Å². The van der Waals surface area contributed by atoms with Crippen LogP contribution in [0.25, 0.3) is 11.4 Å². The molecule has 0 spiro atoms. The molecule has 0 saturated carbocycles. The van der Waals surface area contributed by atoms with Crippen LogP contribution in [0, 0.1) is 0 Å². The highest BCUT2D eigenvalue weighted by atomic mass is 35.5. The number of ether oxygens (including phenoxy) is 1. The number of nitrogens with one attached hydrogen (secondary N) is 1. The van der Waals surface area contributed by atoms with E-state index in [9.17, 15) is 4.79 Å². The third-order valence-corrected chi connectivity index (χ3v) is 2.68. The number of halogens is 1. The number of benzene rings is 1. The first-order valence-corrected chi connectivity index (χ1v) is 6.13. The molecule has 8 heteroatoms. The van der Waals surface area contributed by atoms with Gasteiger partial charge in [0.2, 0.25) is 17.6 Å². The van der Waals surface area contributed by atoms with Crippen molar-refractivity contribution in [3.63, 3.8) is 0 Å². The van der Waals surface area contributed by atoms with Crippen molar-refractivity contribution in [2.24, 2.45) is 5.73 Å². The molecule has 1 aromatic carbocycles. The average molecular weight is 297 g/mol. The van der Waals surface area contributed by atoms with E-state index in [0.29, 0.717) is 28.1 Å². The van der Waals surface area contributed by atoms with Crippen LogP contribution in [0.4, 0.5) is 0 Å². The van der Waals surface area contributed by atoms with Gasteiger partial charge in [-0.15, -0.1) is 0 Å². The summed E-state index contributed by atoms with van der Waals surface area (Å²) in [5.74, 6) is 0.826. The Morgan fingerprint density at radius 3 is 3.05 bits per heavy atom. The van der Waals surface area contributed by atoms with Gasteiger partial charge in [-0.1, -0.05) is 16.8 Å². The number of aromatic nitrogens is 2. The average Bonchev–Trinajstić information content (AvgIpc) is 2.86. The quantitative estimate of drug-likeness (QED) is 0.823. The Kier molecular flexibility index (Phi) is 4.54. The summed E-state index contributed by atoms with van der Waals surface area (Å²) in [6.45, 7) is 0.299. The Morgan fingerprint density at radius 1 is 1.55 bits per heavy atom. The second-order valence-electron chi connectivity index (χ2n) is 3.93. The number of rotatable bonds is 6. The highest BCUT2D eigenvalue weighted by Crippen LogP contribution is 2.30. The summed E-state index contributed by atoms with van der Waals surface area (Å²) in [7, 11) is 1.53. The summed E-state index contributed by atoms with van der Waals surface area (Å²) in [4.78, 5) is 14.8. The monoisotopic (exact) mass is 296 g/mol. The van der Waals surface area contributed by atoms with Gasteiger partial charge in [-0.2, -0.15) is 4.98 Å². The molecule has 0 aliphatic heterocycles. The van der Waals surface area contributed by atoms with Crippen LogP contribution in [0.2, 0.25) is 5.02 Å². The van der Waals surface area contributed by atoms with Gasteiger partial charge in [0.1, 0.15) is 5.75 Å². The van der Waals surface area contributed by atoms with Crippen molar-refractivity contribution in [2.75, 3.05) is 13.7 Å². The maximum Gasteiger partial charge on any atom is 0.240 e. The number of primary amides is 1. The molecule has 0 saturated heterocycles. The molecule has 0 aliphatic rings. The third-order valence-electron chi connectivity index (χ3n) is 2.45. The minimum atomic E-state index is -0.455. The first-order valence-electron chi connectivity index (χ1n) is 5.75. The topological polar surface area (TPSA) is 103 Å². The lowest BCUT2D eigenvalue weighted by molar-refractivity contribution is -0.117. The molecule has 7 nitrogen and oxygen atoms in total. The summed E-state index contributed by atoms with van der Waals surface area (Å²) in [5.41, 5.74) is 5.68. The first-order chi connectivity index (χ1) is 9.60. The zero-order chi connectivity index (χ0) is 14.5. The van der Waals surface area contributed by atoms with Crippen LogP contribution in [0.3, 0.4) is 0 Å². The van der Waals surface area contributed by atoms with Gasteiger partial charge in [-0.05, 0) is 18.2 Å². The third kappa shape index (κ3) is 3.46. The standard InChI is InChI=1S/C12H13ClN4O3/c1-19-9-4-7(13)2-3-8(9)12-16-11(20-17-12)6-15-5-10(14)18/h2-4,15H,5-6H2,1H3,(H2,14,18). The molecule has 0 aliphatic carbocycles. The van der Waals surface area contributed by atoms with Gasteiger partial charge < -0.3 is 15.0 Å². The number of nitrogens with zero attached hydrogens (tertiary/aromatic N) is 2. The summed E-state index contributed by atoms with van der Waals surface area (Å²) >= 11 is 5.89. The number of amides is 1. The molecule has 0 unspecified atom stereocenters. The molecule has 0 bridgehead atoms. The van der Waals surface area contributed by atoms with Crippen LogP contribution in [0.1, 0.15) is 5.89 Å². The van der Waals surface area contributed by atoms with Crippen LogP contribution >= 0.6 is 11.6 Å². The van der Waals surface area contributed by atoms with E-state index in [-0.39, 0.29) is 13.1 Å². The minimum absolute atomic E-state index is 0.0436. The molecular formula is C12H13ClN4O3. The number of hydrogen-bond acceptors (Lipinski definition) is 6. The van der Waals surface area contributed by atoms with Crippen molar-refractivity contribution in [2.45, 2.75) is 6.54 Å². The number of carbonyl (C=O) groups excluding carboxylic acids is 1. The molecule has 0 atom stereocenters. The van der Waals surface area contributed by atoms with E-state index in [0.717, 1.165) is 0 Å². The van der Waals surface area contributed by atoms with Gasteiger partial charge in [-0.25, -0.2) is 0 Å². The van der Waals surface area contributed by atoms with E-state index in [1.165, 1.54) is 7.11 Å². The van der Waals surface area contributed by atoms with Crippen LogP contribution in [0.15, 0.2) is 22.7 Å². The molecule has 1 heterocycles. The zero-order valence-electron chi connectivity index (χ0n) is 10.7. The van der Waals surface area contributed by atoms with Gasteiger partial charge in [-0.3, -0.25) is 10.1 Å². The predicted octanol–water partition coefficient (Wildman–Crippen LogP) is 0.973. The van der Waals surface area contributed by atoms with Crippen LogP contribution in [-0.2, 0) is 11.3 Å². The number of methoxy groups -OCH3 is 1. The SMILES string of the molecule is COc1cc(Cl)ccc1-c1noc(CNCC(N)=O)n1. The Balaban J connectivity index is 2.14. The first kappa shape index (κ1) is 14.3. The van der Waals surface area contributed by atoms with E-state index >= 15 is 0 Å². The smallest absolute Gasteiger partial charge is 0.240 e. The van der Waals surface area contributed by atoms with Gasteiger partial charge in [0.05, 0.1) is 25.8 Å². The second kappa shape index (κ2) is 6.36. The lowest BCUT2D eigenvalue weighted by Gasteiger charge is -2.04. The molecule has 2 rings (SSSR count). The largest absolute Gasteiger partial charge is 0.496 e. The van der Waals surface area contributed by atoms with Crippen LogP contribution < -0.4 is 15.8 Å². The Hall–Kier alpha value is -2.12. The van der Waals surface area contributed by atoms with Gasteiger partial charge in [0, 0.05) is 5.02 Å². The molecule has 2 aromatic rings. The fourth-order valence-electron chi connectivity index (χ4n) is 1.58. The van der Waals surface area contributed by atoms with Crippen molar-refractivity contribution in [1.82, 2.24) is 15.5 Å². The molecule has 0 radical (unpaired) electrons. The normalized spacial score (nSPS) is 10.5. The van der Waals surface area contributed by atoms with Gasteiger partial charge in [0.15, 0.2) is 0 Å². The highest BCUT2D eigenvalue weighted by Gasteiger charge is 2.13. The van der Waals surface area contributed by atoms with Crippen LogP contribution in [0.5, 0.6) is 5.75 Å². The fraction of sp³-hybridized carbons (Fsp3) is 0.250. The Morgan fingerprint density at radius 2 is 2.35 bits per heavy atom. The Labute approximate surface area is 120 Å². The summed E-state index contributed by atoms with van der Waals surface area (Å²) < 4.78 is 10.3. The minimum Gasteiger partial charge on any atom is -0.496 e. The van der Waals surface area contributed by atoms with E-state index in [1.807, 2.05) is 0 Å². The van der Waals surface area contributed by atoms with Crippen molar-refractivity contribution >= 4 is 17.5 Å². The molecule has 1 aromatic heterocycles. The predicted molar refractivity (Wildman–Crippen MR) is 72.2 cm³/mol. The van der Waals surface area contributed by atoms with Crippen molar-refractivity contribution < 1.29 is 14.1 Å². The number of nitrogens with two attached hydrogens (primary N) is 1. The van der Waals surface area contributed by atoms with Gasteiger partial charge in [0.25, 0.3) is 0 Å². The van der Waals surface area contributed by atoms with E-state index in [4.69, 9.17) is 26.6 Å². The summed E-state index contributed by atoms with van der Waals surface area (Å²) in [6, 6.07) is 5.12. The molecular weight excluding hydrogens is 284 g/mol. The molecule has 0 fully saturated rings. The van der Waals surface area contributed by atoms with E-state index < -0.39 is 5.91 Å². The summed E-state index contributed by atoms with van der Waals surface area (Å²) in [5, 5.41) is 7.19. The zero-order valence-corrected chi connectivity index (χ0v) is 11.5. The van der Waals surface area contributed by atoms with Crippen molar-refractivity contribution in [3.8, 4) is 17.1 Å². The maximum absolute atomic E-state index is 10.6. The molecule has 106 valence electrons. The molecule has 20 heavy (non-hydrogen) atoms. The molecule has 1 amide bonds. The van der Waals surface area contributed by atoms with Gasteiger partial charge >= 0.3 is 0 Å². The second-order valence-corrected chi connectivity index (χ2v) is 4.36. The highest BCUT2D eigenvalue weighted by molar-refractivity contribution is 6.30. The lowest BCUT2D eigenvalue weighted by Crippen LogP contribution is -2.28. The molecule has 3 N–H and O–H groups in total. The van der Waals surface area contributed by atoms with Crippen molar-refractivity contribution in [1.29, 1.82) is 0 Å². The summed E-state index contributed by atoms with van der Waals surface area (Å²) in [6.07, 6.45) is 0. The van der Waals surface area contributed by atoms with E-state index in [2.05, 4.69) is 15.5 Å².